The Balaban J connectivity index is 1.69. The number of aliphatic hydroxyl groups excluding tert-OH is 1. The molecule has 0 fully saturated rings. The average molecular weight is 536 g/mol. The molecule has 0 unspecified atom stereocenters. The lowest BCUT2D eigenvalue weighted by Gasteiger charge is -2.08. The van der Waals surface area contributed by atoms with Gasteiger partial charge in [-0.25, -0.2) is 23.2 Å². The summed E-state index contributed by atoms with van der Waals surface area (Å²) >= 11 is 2.25. The molecule has 16 heteroatoms. The lowest BCUT2D eigenvalue weighted by atomic mass is 10.1. The van der Waals surface area contributed by atoms with Gasteiger partial charge in [0.1, 0.15) is 5.01 Å². The summed E-state index contributed by atoms with van der Waals surface area (Å²) in [4.78, 5) is 31.5. The number of nitrogens with one attached hydrogen (secondary N) is 2. The quantitative estimate of drug-likeness (QED) is 0.344. The fourth-order valence-electron chi connectivity index (χ4n) is 2.66. The van der Waals surface area contributed by atoms with Gasteiger partial charge in [-0.05, 0) is 17.7 Å². The van der Waals surface area contributed by atoms with Gasteiger partial charge in [-0.1, -0.05) is 12.1 Å². The summed E-state index contributed by atoms with van der Waals surface area (Å²) in [6.45, 7) is -0.300. The smallest absolute Gasteiger partial charge is 0.389 e. The average Bonchev–Trinajstić information content (AvgIpc) is 3.38. The number of hydrogen-bond acceptors (Lipinski definition) is 9. The molecule has 0 saturated carbocycles. The molecule has 2 heterocycles. The summed E-state index contributed by atoms with van der Waals surface area (Å²) in [5.41, 5.74) is 0.835. The zero-order valence-electron chi connectivity index (χ0n) is 16.9. The number of nitrogens with two attached hydrogens (primary N) is 1. The first kappa shape index (κ1) is 25.5. The first-order valence-electron chi connectivity index (χ1n) is 9.19. The molecular weight excluding hydrogens is 519 g/mol. The van der Waals surface area contributed by atoms with Gasteiger partial charge in [-0.2, -0.15) is 13.2 Å². The van der Waals surface area contributed by atoms with Crippen LogP contribution >= 0.6 is 22.7 Å². The van der Waals surface area contributed by atoms with Crippen molar-refractivity contribution in [1.82, 2.24) is 15.3 Å². The molecule has 3 aromatic rings. The first-order valence-corrected chi connectivity index (χ1v) is 12.4. The Labute approximate surface area is 198 Å². The van der Waals surface area contributed by atoms with E-state index in [2.05, 4.69) is 20.6 Å². The molecule has 182 valence electrons. The van der Waals surface area contributed by atoms with Crippen molar-refractivity contribution >= 4 is 49.6 Å². The van der Waals surface area contributed by atoms with Crippen LogP contribution in [0.1, 0.15) is 16.3 Å². The van der Waals surface area contributed by atoms with E-state index in [0.717, 1.165) is 46.9 Å². The van der Waals surface area contributed by atoms with Crippen LogP contribution in [0.15, 0.2) is 34.5 Å². The number of sulfone groups is 1. The predicted molar refractivity (Wildman–Crippen MR) is 118 cm³/mol. The molecule has 10 nitrogen and oxygen atoms in total. The number of thiazole rings is 2. The number of urea groups is 1. The zero-order chi connectivity index (χ0) is 25.1. The number of carbonyl (C=O) groups excluding carboxylic acids is 2. The van der Waals surface area contributed by atoms with Crippen molar-refractivity contribution in [3.63, 3.8) is 0 Å². The Morgan fingerprint density at radius 3 is 2.41 bits per heavy atom. The number of amides is 3. The minimum Gasteiger partial charge on any atom is -0.389 e. The fraction of sp³-hybridized carbons (Fsp3) is 0.222. The number of aliphatic hydroxyl groups is 1. The minimum atomic E-state index is -5.47. The van der Waals surface area contributed by atoms with E-state index in [9.17, 15) is 36.3 Å². The topological polar surface area (TPSA) is 164 Å². The normalized spacial score (nSPS) is 11.9. The molecule has 0 atom stereocenters. The maximum Gasteiger partial charge on any atom is 0.501 e. The highest BCUT2D eigenvalue weighted by molar-refractivity contribution is 7.92. The molecule has 0 bridgehead atoms. The van der Waals surface area contributed by atoms with E-state index < -0.39 is 32.2 Å². The van der Waals surface area contributed by atoms with E-state index in [4.69, 9.17) is 5.73 Å². The van der Waals surface area contributed by atoms with Crippen LogP contribution in [0.4, 0.5) is 23.1 Å². The number of aromatic nitrogens is 2. The predicted octanol–water partition coefficient (Wildman–Crippen LogP) is 2.40. The third-order valence-electron chi connectivity index (χ3n) is 4.19. The molecule has 2 aromatic heterocycles. The Hall–Kier alpha value is -3.08. The molecule has 5 N–H and O–H groups in total. The van der Waals surface area contributed by atoms with E-state index in [0.29, 0.717) is 26.8 Å². The van der Waals surface area contributed by atoms with E-state index in [-0.39, 0.29) is 24.7 Å². The Morgan fingerprint density at radius 2 is 1.82 bits per heavy atom. The van der Waals surface area contributed by atoms with Crippen molar-refractivity contribution in [2.75, 3.05) is 5.32 Å². The highest BCUT2D eigenvalue weighted by Crippen LogP contribution is 2.33. The first-order chi connectivity index (χ1) is 15.9. The number of hydrogen-bond donors (Lipinski definition) is 4. The second-order valence-corrected chi connectivity index (χ2v) is 10.5. The summed E-state index contributed by atoms with van der Waals surface area (Å²) in [6.07, 6.45) is -0.232. The molecule has 0 aliphatic rings. The Kier molecular flexibility index (Phi) is 7.54. The van der Waals surface area contributed by atoms with Crippen LogP contribution in [-0.4, -0.2) is 40.9 Å². The summed E-state index contributed by atoms with van der Waals surface area (Å²) in [6, 6.07) is 3.07. The molecule has 0 saturated heterocycles. The maximum atomic E-state index is 12.6. The number of benzene rings is 1. The van der Waals surface area contributed by atoms with Crippen molar-refractivity contribution in [3.8, 4) is 10.6 Å². The highest BCUT2D eigenvalue weighted by Gasteiger charge is 2.46. The van der Waals surface area contributed by atoms with Crippen molar-refractivity contribution in [1.29, 1.82) is 0 Å². The van der Waals surface area contributed by atoms with E-state index >= 15 is 0 Å². The van der Waals surface area contributed by atoms with Crippen LogP contribution < -0.4 is 16.4 Å². The van der Waals surface area contributed by atoms with Crippen LogP contribution in [-0.2, 0) is 34.2 Å². The molecule has 0 aliphatic carbocycles. The van der Waals surface area contributed by atoms with E-state index in [1.165, 1.54) is 0 Å². The van der Waals surface area contributed by atoms with Gasteiger partial charge in [0.05, 0.1) is 40.7 Å². The summed E-state index contributed by atoms with van der Waals surface area (Å²) < 4.78 is 60.7. The number of carbonyl (C=O) groups is 2. The maximum absolute atomic E-state index is 12.6. The van der Waals surface area contributed by atoms with Gasteiger partial charge in [0.25, 0.3) is 9.84 Å². The SMILES string of the molecule is NC(=O)NCc1nc(CO)sc1-c1csc(NC(=O)Cc2ccc(S(=O)(=O)C(F)(F)F)cc2)n1. The van der Waals surface area contributed by atoms with Crippen LogP contribution in [0.25, 0.3) is 10.6 Å². The standard InChI is InChI=1S/C18H16F3N5O5S3/c19-18(20,21)34(30,31)10-3-1-9(2-4-10)5-13(28)26-17-25-12(8-32-17)15-11(6-23-16(22)29)24-14(7-27)33-15/h1-4,8,27H,5-7H2,(H3,22,23,29)(H,25,26,28). The number of halogens is 3. The number of alkyl halides is 3. The van der Waals surface area contributed by atoms with Gasteiger partial charge in [0.15, 0.2) is 5.13 Å². The van der Waals surface area contributed by atoms with Crippen molar-refractivity contribution in [2.24, 2.45) is 5.73 Å². The molecule has 3 amide bonds. The lowest BCUT2D eigenvalue weighted by molar-refractivity contribution is -0.115. The van der Waals surface area contributed by atoms with Gasteiger partial charge in [0.2, 0.25) is 5.91 Å². The molecular formula is C18H16F3N5O5S3. The van der Waals surface area contributed by atoms with E-state index in [1.54, 1.807) is 5.38 Å². The summed E-state index contributed by atoms with van der Waals surface area (Å²) in [5.74, 6) is -0.525. The van der Waals surface area contributed by atoms with Gasteiger partial charge in [-0.15, -0.1) is 22.7 Å². The van der Waals surface area contributed by atoms with Crippen molar-refractivity contribution < 1.29 is 36.3 Å². The molecule has 34 heavy (non-hydrogen) atoms. The van der Waals surface area contributed by atoms with Gasteiger partial charge < -0.3 is 21.5 Å². The third-order valence-corrected chi connectivity index (χ3v) is 7.56. The van der Waals surface area contributed by atoms with Gasteiger partial charge in [-0.3, -0.25) is 4.79 Å². The van der Waals surface area contributed by atoms with Crippen molar-refractivity contribution in [3.05, 3.63) is 45.9 Å². The zero-order valence-corrected chi connectivity index (χ0v) is 19.4. The highest BCUT2D eigenvalue weighted by atomic mass is 32.2. The summed E-state index contributed by atoms with van der Waals surface area (Å²) in [5, 5.41) is 16.6. The largest absolute Gasteiger partial charge is 0.501 e. The van der Waals surface area contributed by atoms with Crippen LogP contribution in [0, 0.1) is 0 Å². The number of primary amides is 1. The fourth-order valence-corrected chi connectivity index (χ4v) is 5.12. The van der Waals surface area contributed by atoms with Gasteiger partial charge in [0, 0.05) is 5.38 Å². The van der Waals surface area contributed by atoms with Gasteiger partial charge >= 0.3 is 11.5 Å². The van der Waals surface area contributed by atoms with Crippen molar-refractivity contribution in [2.45, 2.75) is 30.0 Å². The molecule has 0 radical (unpaired) electrons. The number of rotatable bonds is 8. The van der Waals surface area contributed by atoms with Crippen LogP contribution in [0.3, 0.4) is 0 Å². The minimum absolute atomic E-state index is 0.0143. The Bertz CT molecular complexity index is 1300. The second kappa shape index (κ2) is 10.0. The molecule has 1 aromatic carbocycles. The Morgan fingerprint density at radius 1 is 1.15 bits per heavy atom. The number of nitrogens with zero attached hydrogens (tertiary/aromatic N) is 2. The van der Waals surface area contributed by atoms with Crippen LogP contribution in [0.5, 0.6) is 0 Å². The lowest BCUT2D eigenvalue weighted by Crippen LogP contribution is -2.28. The second-order valence-electron chi connectivity index (χ2n) is 6.62. The molecule has 0 spiro atoms. The van der Waals surface area contributed by atoms with E-state index in [1.807, 2.05) is 0 Å². The molecule has 3 rings (SSSR count). The third kappa shape index (κ3) is 5.88. The summed E-state index contributed by atoms with van der Waals surface area (Å²) in [7, 11) is -5.47. The molecule has 0 aliphatic heterocycles. The van der Waals surface area contributed by atoms with Crippen LogP contribution in [0.2, 0.25) is 0 Å². The monoisotopic (exact) mass is 535 g/mol. The number of anilines is 1.